The highest BCUT2D eigenvalue weighted by Crippen LogP contribution is 2.39. The number of hydrogen-bond acceptors (Lipinski definition) is 1. The zero-order valence-corrected chi connectivity index (χ0v) is 10.1. The Kier molecular flexibility index (Phi) is 2.53. The standard InChI is InChI=1S/C14H18O2/c1-9-5-4-6-10-7-11(8-12(9)10)14(2,3)13(15)16/h4-6,11H,7-8H2,1-3H3,(H,15,16). The van der Waals surface area contributed by atoms with Crippen molar-refractivity contribution in [2.24, 2.45) is 11.3 Å². The molecule has 86 valence electrons. The smallest absolute Gasteiger partial charge is 0.309 e. The highest BCUT2D eigenvalue weighted by molar-refractivity contribution is 5.74. The predicted molar refractivity (Wildman–Crippen MR) is 63.5 cm³/mol. The number of rotatable bonds is 2. The Labute approximate surface area is 96.3 Å². The minimum absolute atomic E-state index is 0.223. The van der Waals surface area contributed by atoms with Crippen molar-refractivity contribution in [2.75, 3.05) is 0 Å². The van der Waals surface area contributed by atoms with Gasteiger partial charge in [-0.25, -0.2) is 0 Å². The summed E-state index contributed by atoms with van der Waals surface area (Å²) in [6.07, 6.45) is 1.80. The normalized spacial score (nSPS) is 19.6. The molecule has 0 amide bonds. The fourth-order valence-electron chi connectivity index (χ4n) is 2.52. The van der Waals surface area contributed by atoms with Gasteiger partial charge in [-0.2, -0.15) is 0 Å². The zero-order chi connectivity index (χ0) is 11.9. The lowest BCUT2D eigenvalue weighted by Gasteiger charge is -2.26. The summed E-state index contributed by atoms with van der Waals surface area (Å²) in [5.74, 6) is -0.468. The molecule has 1 aromatic carbocycles. The first-order chi connectivity index (χ1) is 7.43. The van der Waals surface area contributed by atoms with E-state index in [4.69, 9.17) is 0 Å². The van der Waals surface area contributed by atoms with Crippen LogP contribution in [0, 0.1) is 18.3 Å². The Bertz CT molecular complexity index is 432. The summed E-state index contributed by atoms with van der Waals surface area (Å²) in [4.78, 5) is 11.2. The molecule has 1 unspecified atom stereocenters. The molecule has 2 nitrogen and oxygen atoms in total. The van der Waals surface area contributed by atoms with Crippen molar-refractivity contribution in [1.82, 2.24) is 0 Å². The van der Waals surface area contributed by atoms with Crippen molar-refractivity contribution in [1.29, 1.82) is 0 Å². The molecule has 2 heteroatoms. The lowest BCUT2D eigenvalue weighted by Crippen LogP contribution is -2.33. The number of aryl methyl sites for hydroxylation is 1. The maximum absolute atomic E-state index is 11.2. The molecule has 16 heavy (non-hydrogen) atoms. The second kappa shape index (κ2) is 3.62. The minimum Gasteiger partial charge on any atom is -0.481 e. The van der Waals surface area contributed by atoms with Gasteiger partial charge in [0.05, 0.1) is 5.41 Å². The molecular weight excluding hydrogens is 200 g/mol. The Morgan fingerprint density at radius 2 is 2.06 bits per heavy atom. The van der Waals surface area contributed by atoms with E-state index in [1.54, 1.807) is 0 Å². The van der Waals surface area contributed by atoms with Gasteiger partial charge in [0.2, 0.25) is 0 Å². The first-order valence-corrected chi connectivity index (χ1v) is 5.73. The fourth-order valence-corrected chi connectivity index (χ4v) is 2.52. The summed E-state index contributed by atoms with van der Waals surface area (Å²) in [5.41, 5.74) is 3.35. The average molecular weight is 218 g/mol. The van der Waals surface area contributed by atoms with Crippen LogP contribution in [0.3, 0.4) is 0 Å². The van der Waals surface area contributed by atoms with E-state index in [2.05, 4.69) is 25.1 Å². The van der Waals surface area contributed by atoms with E-state index in [-0.39, 0.29) is 5.92 Å². The van der Waals surface area contributed by atoms with Crippen LogP contribution >= 0.6 is 0 Å². The predicted octanol–water partition coefficient (Wildman–Crippen LogP) is 2.82. The maximum atomic E-state index is 11.2. The summed E-state index contributed by atoms with van der Waals surface area (Å²) in [7, 11) is 0. The van der Waals surface area contributed by atoms with Crippen molar-refractivity contribution in [3.05, 3.63) is 34.9 Å². The Balaban J connectivity index is 2.30. The molecule has 0 radical (unpaired) electrons. The number of fused-ring (bicyclic) bond motifs is 1. The molecule has 0 bridgehead atoms. The Morgan fingerprint density at radius 3 is 2.62 bits per heavy atom. The molecule has 1 atom stereocenters. The van der Waals surface area contributed by atoms with Crippen molar-refractivity contribution in [3.63, 3.8) is 0 Å². The number of carbonyl (C=O) groups is 1. The van der Waals surface area contributed by atoms with E-state index in [1.165, 1.54) is 16.7 Å². The first kappa shape index (κ1) is 11.2. The van der Waals surface area contributed by atoms with Gasteiger partial charge in [-0.1, -0.05) is 18.2 Å². The summed E-state index contributed by atoms with van der Waals surface area (Å²) >= 11 is 0. The largest absolute Gasteiger partial charge is 0.481 e. The van der Waals surface area contributed by atoms with E-state index in [1.807, 2.05) is 13.8 Å². The van der Waals surface area contributed by atoms with E-state index in [0.717, 1.165) is 12.8 Å². The highest BCUT2D eigenvalue weighted by Gasteiger charge is 2.40. The quantitative estimate of drug-likeness (QED) is 0.828. The van der Waals surface area contributed by atoms with Crippen LogP contribution in [0.15, 0.2) is 18.2 Å². The van der Waals surface area contributed by atoms with Crippen molar-refractivity contribution in [2.45, 2.75) is 33.6 Å². The second-order valence-electron chi connectivity index (χ2n) is 5.34. The minimum atomic E-state index is -0.692. The van der Waals surface area contributed by atoms with Gasteiger partial charge in [0.15, 0.2) is 0 Å². The molecule has 1 N–H and O–H groups in total. The molecule has 0 spiro atoms. The van der Waals surface area contributed by atoms with Gasteiger partial charge < -0.3 is 5.11 Å². The third kappa shape index (κ3) is 1.62. The molecule has 2 rings (SSSR count). The molecular formula is C14H18O2. The SMILES string of the molecule is Cc1cccc2c1CC(C(C)(C)C(=O)O)C2. The van der Waals surface area contributed by atoms with E-state index in [9.17, 15) is 9.90 Å². The van der Waals surface area contributed by atoms with Crippen LogP contribution in [-0.2, 0) is 17.6 Å². The maximum Gasteiger partial charge on any atom is 0.309 e. The van der Waals surface area contributed by atoms with Crippen LogP contribution < -0.4 is 0 Å². The van der Waals surface area contributed by atoms with Gasteiger partial charge in [0.25, 0.3) is 0 Å². The number of carboxylic acids is 1. The lowest BCUT2D eigenvalue weighted by molar-refractivity contribution is -0.149. The van der Waals surface area contributed by atoms with Gasteiger partial charge in [0, 0.05) is 0 Å². The summed E-state index contributed by atoms with van der Waals surface area (Å²) in [6, 6.07) is 6.29. The highest BCUT2D eigenvalue weighted by atomic mass is 16.4. The molecule has 1 aromatic rings. The summed E-state index contributed by atoms with van der Waals surface area (Å²) in [6.45, 7) is 5.78. The van der Waals surface area contributed by atoms with E-state index in [0.29, 0.717) is 0 Å². The Morgan fingerprint density at radius 1 is 1.38 bits per heavy atom. The van der Waals surface area contributed by atoms with Crippen LogP contribution in [0.4, 0.5) is 0 Å². The van der Waals surface area contributed by atoms with Crippen LogP contribution in [0.2, 0.25) is 0 Å². The monoisotopic (exact) mass is 218 g/mol. The van der Waals surface area contributed by atoms with Crippen molar-refractivity contribution >= 4 is 5.97 Å². The molecule has 0 aliphatic heterocycles. The average Bonchev–Trinajstić information content (AvgIpc) is 2.63. The fraction of sp³-hybridized carbons (Fsp3) is 0.500. The van der Waals surface area contributed by atoms with Crippen LogP contribution in [0.1, 0.15) is 30.5 Å². The topological polar surface area (TPSA) is 37.3 Å². The van der Waals surface area contributed by atoms with Crippen molar-refractivity contribution < 1.29 is 9.90 Å². The molecule has 0 saturated heterocycles. The number of hydrogen-bond donors (Lipinski definition) is 1. The van der Waals surface area contributed by atoms with Gasteiger partial charge in [0.1, 0.15) is 0 Å². The molecule has 1 aliphatic carbocycles. The molecule has 0 fully saturated rings. The first-order valence-electron chi connectivity index (χ1n) is 5.73. The van der Waals surface area contributed by atoms with E-state index >= 15 is 0 Å². The number of benzene rings is 1. The number of carboxylic acid groups (broad SMARTS) is 1. The number of aliphatic carboxylic acids is 1. The van der Waals surface area contributed by atoms with Gasteiger partial charge in [-0.3, -0.25) is 4.79 Å². The third-order valence-corrected chi connectivity index (χ3v) is 4.00. The lowest BCUT2D eigenvalue weighted by atomic mass is 9.77. The summed E-state index contributed by atoms with van der Waals surface area (Å²) < 4.78 is 0. The second-order valence-corrected chi connectivity index (χ2v) is 5.34. The zero-order valence-electron chi connectivity index (χ0n) is 10.1. The van der Waals surface area contributed by atoms with Crippen LogP contribution in [0.5, 0.6) is 0 Å². The van der Waals surface area contributed by atoms with Crippen molar-refractivity contribution in [3.8, 4) is 0 Å². The van der Waals surface area contributed by atoms with Gasteiger partial charge in [-0.15, -0.1) is 0 Å². The van der Waals surface area contributed by atoms with E-state index < -0.39 is 11.4 Å². The molecule has 0 aromatic heterocycles. The van der Waals surface area contributed by atoms with Crippen LogP contribution in [0.25, 0.3) is 0 Å². The molecule has 1 aliphatic rings. The molecule has 0 heterocycles. The van der Waals surface area contributed by atoms with Crippen LogP contribution in [-0.4, -0.2) is 11.1 Å². The molecule has 0 saturated carbocycles. The Hall–Kier alpha value is -1.31. The third-order valence-electron chi connectivity index (χ3n) is 4.00. The van der Waals surface area contributed by atoms with Gasteiger partial charge >= 0.3 is 5.97 Å². The summed E-state index contributed by atoms with van der Waals surface area (Å²) in [5, 5.41) is 9.25. The van der Waals surface area contributed by atoms with Gasteiger partial charge in [-0.05, 0) is 56.2 Å².